The summed E-state index contributed by atoms with van der Waals surface area (Å²) in [6.07, 6.45) is -3.95. The maximum atomic E-state index is 13.3. The van der Waals surface area contributed by atoms with Crippen LogP contribution in [0.15, 0.2) is 30.3 Å². The van der Waals surface area contributed by atoms with Crippen molar-refractivity contribution < 1.29 is 18.0 Å². The van der Waals surface area contributed by atoms with Gasteiger partial charge in [0.05, 0.1) is 0 Å². The number of carbonyl (C=O) groups is 1. The van der Waals surface area contributed by atoms with E-state index in [-0.39, 0.29) is 24.4 Å². The van der Waals surface area contributed by atoms with Crippen molar-refractivity contribution in [2.75, 3.05) is 0 Å². The van der Waals surface area contributed by atoms with Crippen molar-refractivity contribution in [3.63, 3.8) is 0 Å². The number of alkyl halides is 3. The highest BCUT2D eigenvalue weighted by atomic mass is 19.4. The van der Waals surface area contributed by atoms with E-state index < -0.39 is 17.7 Å². The molecule has 0 spiro atoms. The van der Waals surface area contributed by atoms with Gasteiger partial charge in [-0.05, 0) is 39.2 Å². The molecular weight excluding hydrogens is 317 g/mol. The molecule has 24 heavy (non-hydrogen) atoms. The Hall–Kier alpha value is -1.72. The predicted molar refractivity (Wildman–Crippen MR) is 87.8 cm³/mol. The van der Waals surface area contributed by atoms with Gasteiger partial charge in [-0.25, -0.2) is 4.79 Å². The van der Waals surface area contributed by atoms with Crippen LogP contribution >= 0.6 is 0 Å². The Balaban J connectivity index is 2.18. The van der Waals surface area contributed by atoms with Crippen LogP contribution in [0.25, 0.3) is 0 Å². The lowest BCUT2D eigenvalue weighted by atomic mass is 9.92. The number of nitrogens with zero attached hydrogens (tertiary/aromatic N) is 1. The second kappa shape index (κ2) is 6.65. The van der Waals surface area contributed by atoms with Gasteiger partial charge in [0.2, 0.25) is 0 Å². The average Bonchev–Trinajstić information content (AvgIpc) is 2.81. The Morgan fingerprint density at radius 1 is 1.25 bits per heavy atom. The summed E-state index contributed by atoms with van der Waals surface area (Å²) >= 11 is 0. The Kier molecular flexibility index (Phi) is 5.16. The fourth-order valence-corrected chi connectivity index (χ4v) is 3.43. The Morgan fingerprint density at radius 2 is 1.83 bits per heavy atom. The monoisotopic (exact) mass is 342 g/mol. The van der Waals surface area contributed by atoms with Crippen molar-refractivity contribution in [3.05, 3.63) is 35.9 Å². The van der Waals surface area contributed by atoms with Crippen LogP contribution in [0.2, 0.25) is 0 Å². The van der Waals surface area contributed by atoms with E-state index in [0.29, 0.717) is 0 Å². The molecule has 0 radical (unpaired) electrons. The summed E-state index contributed by atoms with van der Waals surface area (Å²) in [5.41, 5.74) is -1.10. The summed E-state index contributed by atoms with van der Waals surface area (Å²) in [7, 11) is 0. The molecule has 4 atom stereocenters. The van der Waals surface area contributed by atoms with E-state index in [9.17, 15) is 18.0 Å². The van der Waals surface area contributed by atoms with Gasteiger partial charge in [0, 0.05) is 18.0 Å². The number of benzene rings is 1. The average molecular weight is 342 g/mol. The molecule has 1 aromatic rings. The second-order valence-corrected chi connectivity index (χ2v) is 6.86. The quantitative estimate of drug-likeness (QED) is 0.849. The molecule has 1 heterocycles. The minimum Gasteiger partial charge on any atom is -0.324 e. The van der Waals surface area contributed by atoms with Crippen LogP contribution < -0.4 is 5.32 Å². The fourth-order valence-electron chi connectivity index (χ4n) is 3.43. The van der Waals surface area contributed by atoms with E-state index in [0.717, 1.165) is 18.9 Å². The third-order valence-corrected chi connectivity index (χ3v) is 5.27. The molecule has 6 heteroatoms. The van der Waals surface area contributed by atoms with Gasteiger partial charge in [-0.1, -0.05) is 37.3 Å². The molecule has 2 amide bonds. The smallest absolute Gasteiger partial charge is 0.324 e. The number of hydrogen-bond donors (Lipinski definition) is 1. The van der Waals surface area contributed by atoms with Crippen LogP contribution in [0.4, 0.5) is 18.0 Å². The Labute approximate surface area is 141 Å². The Morgan fingerprint density at radius 3 is 2.33 bits per heavy atom. The maximum absolute atomic E-state index is 13.3. The standard InChI is InChI=1S/C18H25F3N2O/c1-5-17(4,18(19,20)21)22-16(24)23-12(2)11-15(13(23)3)14-9-7-6-8-10-14/h6-10,12-13,15H,5,11H2,1-4H3,(H,22,24). The van der Waals surface area contributed by atoms with E-state index in [1.807, 2.05) is 44.2 Å². The molecule has 4 unspecified atom stereocenters. The van der Waals surface area contributed by atoms with Crippen LogP contribution in [0, 0.1) is 0 Å². The van der Waals surface area contributed by atoms with Crippen molar-refractivity contribution in [1.29, 1.82) is 0 Å². The SMILES string of the molecule is CCC(C)(NC(=O)N1C(C)CC(c2ccccc2)C1C)C(F)(F)F. The molecule has 0 saturated carbocycles. The van der Waals surface area contributed by atoms with Crippen LogP contribution in [-0.2, 0) is 0 Å². The van der Waals surface area contributed by atoms with Gasteiger partial charge >= 0.3 is 12.2 Å². The second-order valence-electron chi connectivity index (χ2n) is 6.86. The third-order valence-electron chi connectivity index (χ3n) is 5.27. The molecule has 3 nitrogen and oxygen atoms in total. The molecule has 1 N–H and O–H groups in total. The number of nitrogens with one attached hydrogen (secondary N) is 1. The molecule has 0 aromatic heterocycles. The number of hydrogen-bond acceptors (Lipinski definition) is 1. The van der Waals surface area contributed by atoms with Crippen LogP contribution in [0.5, 0.6) is 0 Å². The van der Waals surface area contributed by atoms with E-state index in [1.54, 1.807) is 4.90 Å². The Bertz CT molecular complexity index is 575. The van der Waals surface area contributed by atoms with Crippen molar-refractivity contribution in [2.24, 2.45) is 0 Å². The normalized spacial score (nSPS) is 27.0. The molecule has 2 rings (SSSR count). The number of carbonyl (C=O) groups excluding carboxylic acids is 1. The number of rotatable bonds is 3. The number of urea groups is 1. The predicted octanol–water partition coefficient (Wildman–Crippen LogP) is 4.69. The first-order chi connectivity index (χ1) is 11.1. The van der Waals surface area contributed by atoms with Gasteiger partial charge in [-0.3, -0.25) is 0 Å². The maximum Gasteiger partial charge on any atom is 0.411 e. The largest absolute Gasteiger partial charge is 0.411 e. The summed E-state index contributed by atoms with van der Waals surface area (Å²) in [4.78, 5) is 14.1. The number of likely N-dealkylation sites (tertiary alicyclic amines) is 1. The van der Waals surface area contributed by atoms with Gasteiger partial charge < -0.3 is 10.2 Å². The first-order valence-electron chi connectivity index (χ1n) is 8.33. The number of amides is 2. The summed E-state index contributed by atoms with van der Waals surface area (Å²) in [5.74, 6) is 0.130. The first kappa shape index (κ1) is 18.6. The highest BCUT2D eigenvalue weighted by molar-refractivity contribution is 5.76. The zero-order chi connectivity index (χ0) is 18.1. The highest BCUT2D eigenvalue weighted by Gasteiger charge is 2.52. The van der Waals surface area contributed by atoms with Crippen LogP contribution in [-0.4, -0.2) is 34.7 Å². The van der Waals surface area contributed by atoms with Gasteiger partial charge in [0.25, 0.3) is 0 Å². The zero-order valence-corrected chi connectivity index (χ0v) is 14.5. The molecule has 0 bridgehead atoms. The lowest BCUT2D eigenvalue weighted by molar-refractivity contribution is -0.189. The van der Waals surface area contributed by atoms with Gasteiger partial charge in [0.15, 0.2) is 0 Å². The minimum atomic E-state index is -4.48. The van der Waals surface area contributed by atoms with Crippen molar-refractivity contribution in [2.45, 2.75) is 70.3 Å². The third kappa shape index (κ3) is 3.37. The van der Waals surface area contributed by atoms with E-state index in [1.165, 1.54) is 6.92 Å². The molecular formula is C18H25F3N2O. The lowest BCUT2D eigenvalue weighted by Gasteiger charge is -2.36. The molecule has 1 saturated heterocycles. The summed E-state index contributed by atoms with van der Waals surface area (Å²) in [6.45, 7) is 6.25. The molecule has 1 fully saturated rings. The minimum absolute atomic E-state index is 0.112. The zero-order valence-electron chi connectivity index (χ0n) is 14.5. The van der Waals surface area contributed by atoms with Crippen LogP contribution in [0.3, 0.4) is 0 Å². The lowest BCUT2D eigenvalue weighted by Crippen LogP contribution is -2.60. The topological polar surface area (TPSA) is 32.3 Å². The van der Waals surface area contributed by atoms with Gasteiger partial charge in [-0.15, -0.1) is 0 Å². The molecule has 134 valence electrons. The molecule has 1 aliphatic rings. The summed E-state index contributed by atoms with van der Waals surface area (Å²) < 4.78 is 39.8. The van der Waals surface area contributed by atoms with Crippen molar-refractivity contribution >= 4 is 6.03 Å². The van der Waals surface area contributed by atoms with E-state index in [2.05, 4.69) is 5.32 Å². The molecule has 1 aliphatic heterocycles. The van der Waals surface area contributed by atoms with E-state index >= 15 is 0 Å². The molecule has 0 aliphatic carbocycles. The highest BCUT2D eigenvalue weighted by Crippen LogP contribution is 2.38. The fraction of sp³-hybridized carbons (Fsp3) is 0.611. The first-order valence-corrected chi connectivity index (χ1v) is 8.33. The molecule has 1 aromatic carbocycles. The van der Waals surface area contributed by atoms with E-state index in [4.69, 9.17) is 0 Å². The summed E-state index contributed by atoms with van der Waals surface area (Å²) in [5, 5.41) is 2.22. The van der Waals surface area contributed by atoms with Crippen LogP contribution in [0.1, 0.15) is 52.0 Å². The van der Waals surface area contributed by atoms with Gasteiger partial charge in [0.1, 0.15) is 5.54 Å². The van der Waals surface area contributed by atoms with Crippen molar-refractivity contribution in [3.8, 4) is 0 Å². The summed E-state index contributed by atoms with van der Waals surface area (Å²) in [6, 6.07) is 8.89. The number of halogens is 3. The van der Waals surface area contributed by atoms with Crippen molar-refractivity contribution in [1.82, 2.24) is 10.2 Å². The van der Waals surface area contributed by atoms with Gasteiger partial charge in [-0.2, -0.15) is 13.2 Å².